The molecule has 0 aliphatic carbocycles. The number of carbonyl (C=O) groups excluding carboxylic acids is 1. The lowest BCUT2D eigenvalue weighted by molar-refractivity contribution is -0.132. The number of piperidine rings is 1. The van der Waals surface area contributed by atoms with Crippen LogP contribution in [0.1, 0.15) is 52.9 Å². The van der Waals surface area contributed by atoms with Gasteiger partial charge in [-0.05, 0) is 43.4 Å². The number of rotatable bonds is 2. The third kappa shape index (κ3) is 4.96. The lowest BCUT2D eigenvalue weighted by Crippen LogP contribution is -2.46. The zero-order chi connectivity index (χ0) is 15.5. The lowest BCUT2D eigenvalue weighted by atomic mass is 9.77. The van der Waals surface area contributed by atoms with Crippen molar-refractivity contribution >= 4 is 5.91 Å². The predicted molar refractivity (Wildman–Crippen MR) is 87.0 cm³/mol. The number of amides is 1. The Balaban J connectivity index is 1.80. The number of nitrogens with zero attached hydrogens (tertiary/aromatic N) is 2. The van der Waals surface area contributed by atoms with Gasteiger partial charge in [0.25, 0.3) is 0 Å². The zero-order valence-electron chi connectivity index (χ0n) is 14.1. The van der Waals surface area contributed by atoms with E-state index in [1.807, 2.05) is 0 Å². The van der Waals surface area contributed by atoms with Crippen molar-refractivity contribution in [2.45, 2.75) is 58.9 Å². The van der Waals surface area contributed by atoms with E-state index in [0.29, 0.717) is 23.9 Å². The van der Waals surface area contributed by atoms with Gasteiger partial charge in [0, 0.05) is 32.2 Å². The Kier molecular flexibility index (Phi) is 5.67. The number of carbonyl (C=O) groups is 1. The third-order valence-electron chi connectivity index (χ3n) is 5.30. The SMILES string of the molecule is CC(C)(C)C1CCCN(C(=O)CN2CCC(N)CC2)CC1. The van der Waals surface area contributed by atoms with E-state index in [-0.39, 0.29) is 0 Å². The summed E-state index contributed by atoms with van der Waals surface area (Å²) in [5, 5.41) is 0. The average molecular weight is 295 g/mol. The van der Waals surface area contributed by atoms with Crippen molar-refractivity contribution < 1.29 is 4.79 Å². The molecular formula is C17H33N3O. The van der Waals surface area contributed by atoms with E-state index < -0.39 is 0 Å². The van der Waals surface area contributed by atoms with Crippen LogP contribution < -0.4 is 5.73 Å². The highest BCUT2D eigenvalue weighted by Crippen LogP contribution is 2.34. The molecule has 0 saturated carbocycles. The Labute approximate surface area is 130 Å². The van der Waals surface area contributed by atoms with Gasteiger partial charge in [-0.15, -0.1) is 0 Å². The summed E-state index contributed by atoms with van der Waals surface area (Å²) in [4.78, 5) is 16.9. The molecule has 2 heterocycles. The summed E-state index contributed by atoms with van der Waals surface area (Å²) < 4.78 is 0. The molecule has 0 spiro atoms. The smallest absolute Gasteiger partial charge is 0.236 e. The Morgan fingerprint density at radius 3 is 2.33 bits per heavy atom. The molecule has 2 rings (SSSR count). The summed E-state index contributed by atoms with van der Waals surface area (Å²) in [6.45, 7) is 11.4. The molecule has 0 radical (unpaired) electrons. The highest BCUT2D eigenvalue weighted by Gasteiger charge is 2.29. The van der Waals surface area contributed by atoms with Gasteiger partial charge in [0.15, 0.2) is 0 Å². The third-order valence-corrected chi connectivity index (χ3v) is 5.30. The van der Waals surface area contributed by atoms with Crippen molar-refractivity contribution in [3.8, 4) is 0 Å². The molecule has 0 aromatic rings. The summed E-state index contributed by atoms with van der Waals surface area (Å²) in [5.74, 6) is 1.06. The largest absolute Gasteiger partial charge is 0.342 e. The molecule has 2 aliphatic rings. The normalized spacial score (nSPS) is 26.7. The topological polar surface area (TPSA) is 49.6 Å². The van der Waals surface area contributed by atoms with E-state index in [1.54, 1.807) is 0 Å². The van der Waals surface area contributed by atoms with Gasteiger partial charge in [0.2, 0.25) is 5.91 Å². The maximum atomic E-state index is 12.5. The van der Waals surface area contributed by atoms with Gasteiger partial charge in [-0.3, -0.25) is 9.69 Å². The molecule has 21 heavy (non-hydrogen) atoms. The number of likely N-dealkylation sites (tertiary alicyclic amines) is 2. The summed E-state index contributed by atoms with van der Waals surface area (Å²) >= 11 is 0. The van der Waals surface area contributed by atoms with Crippen LogP contribution in [0.2, 0.25) is 0 Å². The number of hydrogen-bond donors (Lipinski definition) is 1. The van der Waals surface area contributed by atoms with E-state index in [9.17, 15) is 4.79 Å². The average Bonchev–Trinajstić information content (AvgIpc) is 2.67. The van der Waals surface area contributed by atoms with Crippen LogP contribution in [0.5, 0.6) is 0 Å². The maximum absolute atomic E-state index is 12.5. The fourth-order valence-electron chi connectivity index (χ4n) is 3.61. The standard InChI is InChI=1S/C17H33N3O/c1-17(2,3)14-5-4-9-20(12-6-14)16(21)13-19-10-7-15(18)8-11-19/h14-15H,4-13,18H2,1-3H3. The van der Waals surface area contributed by atoms with Crippen LogP contribution in [0.4, 0.5) is 0 Å². The van der Waals surface area contributed by atoms with Gasteiger partial charge in [-0.1, -0.05) is 20.8 Å². The fraction of sp³-hybridized carbons (Fsp3) is 0.941. The van der Waals surface area contributed by atoms with Crippen molar-refractivity contribution in [1.29, 1.82) is 0 Å². The van der Waals surface area contributed by atoms with Gasteiger partial charge in [0.1, 0.15) is 0 Å². The zero-order valence-corrected chi connectivity index (χ0v) is 14.1. The molecule has 4 nitrogen and oxygen atoms in total. The molecule has 4 heteroatoms. The first kappa shape index (κ1) is 16.8. The summed E-state index contributed by atoms with van der Waals surface area (Å²) in [5.41, 5.74) is 6.29. The van der Waals surface area contributed by atoms with Crippen LogP contribution in [0, 0.1) is 11.3 Å². The molecular weight excluding hydrogens is 262 g/mol. The molecule has 0 aromatic heterocycles. The minimum atomic E-state index is 0.319. The van der Waals surface area contributed by atoms with Crippen LogP contribution >= 0.6 is 0 Å². The second-order valence-corrected chi connectivity index (χ2v) is 7.99. The van der Waals surface area contributed by atoms with Gasteiger partial charge in [0.05, 0.1) is 6.54 Å². The minimum Gasteiger partial charge on any atom is -0.342 e. The second kappa shape index (κ2) is 7.10. The van der Waals surface area contributed by atoms with Crippen molar-refractivity contribution in [1.82, 2.24) is 9.80 Å². The van der Waals surface area contributed by atoms with Gasteiger partial charge in [-0.25, -0.2) is 0 Å². The molecule has 2 aliphatic heterocycles. The highest BCUT2D eigenvalue weighted by molar-refractivity contribution is 5.78. The van der Waals surface area contributed by atoms with E-state index in [0.717, 1.165) is 57.8 Å². The van der Waals surface area contributed by atoms with E-state index in [1.165, 1.54) is 6.42 Å². The van der Waals surface area contributed by atoms with Crippen LogP contribution in [0.15, 0.2) is 0 Å². The number of hydrogen-bond acceptors (Lipinski definition) is 3. The van der Waals surface area contributed by atoms with E-state index in [2.05, 4.69) is 30.6 Å². The molecule has 1 atom stereocenters. The van der Waals surface area contributed by atoms with Crippen LogP contribution in [-0.2, 0) is 4.79 Å². The molecule has 1 unspecified atom stereocenters. The molecule has 2 fully saturated rings. The first-order valence-corrected chi connectivity index (χ1v) is 8.62. The molecule has 1 amide bonds. The van der Waals surface area contributed by atoms with E-state index >= 15 is 0 Å². The van der Waals surface area contributed by atoms with Crippen molar-refractivity contribution in [2.75, 3.05) is 32.7 Å². The summed E-state index contributed by atoms with van der Waals surface area (Å²) in [6, 6.07) is 0.335. The molecule has 0 bridgehead atoms. The number of nitrogens with two attached hydrogens (primary N) is 1. The van der Waals surface area contributed by atoms with Gasteiger partial charge >= 0.3 is 0 Å². The Morgan fingerprint density at radius 1 is 1.05 bits per heavy atom. The minimum absolute atomic E-state index is 0.319. The van der Waals surface area contributed by atoms with Gasteiger partial charge < -0.3 is 10.6 Å². The highest BCUT2D eigenvalue weighted by atomic mass is 16.2. The van der Waals surface area contributed by atoms with Gasteiger partial charge in [-0.2, -0.15) is 0 Å². The van der Waals surface area contributed by atoms with Crippen LogP contribution in [0.25, 0.3) is 0 Å². The monoisotopic (exact) mass is 295 g/mol. The summed E-state index contributed by atoms with van der Waals surface area (Å²) in [6.07, 6.45) is 5.61. The van der Waals surface area contributed by atoms with E-state index in [4.69, 9.17) is 5.73 Å². The molecule has 2 saturated heterocycles. The van der Waals surface area contributed by atoms with Crippen LogP contribution in [-0.4, -0.2) is 54.5 Å². The molecule has 122 valence electrons. The van der Waals surface area contributed by atoms with Crippen molar-refractivity contribution in [2.24, 2.45) is 17.1 Å². The van der Waals surface area contributed by atoms with Crippen molar-refractivity contribution in [3.63, 3.8) is 0 Å². The second-order valence-electron chi connectivity index (χ2n) is 7.99. The fourth-order valence-corrected chi connectivity index (χ4v) is 3.61. The first-order valence-electron chi connectivity index (χ1n) is 8.62. The Hall–Kier alpha value is -0.610. The first-order chi connectivity index (χ1) is 9.86. The Bertz CT molecular complexity index is 342. The summed E-state index contributed by atoms with van der Waals surface area (Å²) in [7, 11) is 0. The lowest BCUT2D eigenvalue weighted by Gasteiger charge is -2.32. The maximum Gasteiger partial charge on any atom is 0.236 e. The predicted octanol–water partition coefficient (Wildman–Crippen LogP) is 2.08. The molecule has 2 N–H and O–H groups in total. The quantitative estimate of drug-likeness (QED) is 0.848. The van der Waals surface area contributed by atoms with Crippen LogP contribution in [0.3, 0.4) is 0 Å². The Morgan fingerprint density at radius 2 is 1.71 bits per heavy atom. The molecule has 0 aromatic carbocycles. The van der Waals surface area contributed by atoms with Crippen molar-refractivity contribution in [3.05, 3.63) is 0 Å².